The van der Waals surface area contributed by atoms with Gasteiger partial charge in [-0.25, -0.2) is 4.98 Å². The van der Waals surface area contributed by atoms with Crippen LogP contribution in [0.3, 0.4) is 0 Å². The van der Waals surface area contributed by atoms with E-state index in [0.717, 1.165) is 0 Å². The van der Waals surface area contributed by atoms with Crippen LogP contribution in [0.15, 0.2) is 18.2 Å². The van der Waals surface area contributed by atoms with Gasteiger partial charge in [0.25, 0.3) is 0 Å². The van der Waals surface area contributed by atoms with Gasteiger partial charge >= 0.3 is 5.97 Å². The predicted octanol–water partition coefficient (Wildman–Crippen LogP) is 0.352. The second-order valence-electron chi connectivity index (χ2n) is 3.04. The highest BCUT2D eigenvalue weighted by molar-refractivity contribution is 5.68. The van der Waals surface area contributed by atoms with E-state index in [0.29, 0.717) is 18.0 Å². The van der Waals surface area contributed by atoms with Gasteiger partial charge < -0.3 is 15.2 Å². The van der Waals surface area contributed by atoms with Crippen LogP contribution in [0.1, 0.15) is 18.2 Å². The molecule has 1 rings (SSSR count). The molecule has 0 aliphatic carbocycles. The first-order valence-corrected chi connectivity index (χ1v) is 4.59. The number of carbonyl (C=O) groups excluding carboxylic acids is 1. The lowest BCUT2D eigenvalue weighted by Crippen LogP contribution is -2.23. The molecule has 0 aromatic carbocycles. The van der Waals surface area contributed by atoms with Gasteiger partial charge in [0.15, 0.2) is 0 Å². The minimum atomic E-state index is -1.01. The van der Waals surface area contributed by atoms with Gasteiger partial charge in [-0.15, -0.1) is 0 Å². The molecule has 1 amide bonds. The summed E-state index contributed by atoms with van der Waals surface area (Å²) in [7, 11) is 1.46. The van der Waals surface area contributed by atoms with Crippen molar-refractivity contribution >= 4 is 12.4 Å². The van der Waals surface area contributed by atoms with Crippen LogP contribution in [0.5, 0.6) is 5.88 Å². The second kappa shape index (κ2) is 5.69. The van der Waals surface area contributed by atoms with E-state index in [1.807, 2.05) is 0 Å². The third-order valence-electron chi connectivity index (χ3n) is 1.96. The Morgan fingerprint density at radius 2 is 2.44 bits per heavy atom. The van der Waals surface area contributed by atoms with E-state index in [2.05, 4.69) is 10.3 Å². The quantitative estimate of drug-likeness (QED) is 0.681. The number of carbonyl (C=O) groups is 2. The number of hydrogen-bond donors (Lipinski definition) is 2. The Balaban J connectivity index is 2.90. The van der Waals surface area contributed by atoms with E-state index in [4.69, 9.17) is 9.84 Å². The average molecular weight is 224 g/mol. The van der Waals surface area contributed by atoms with E-state index in [1.54, 1.807) is 18.2 Å². The predicted molar refractivity (Wildman–Crippen MR) is 55.0 cm³/mol. The number of aliphatic carboxylic acids is 1. The number of methoxy groups -OCH3 is 1. The van der Waals surface area contributed by atoms with Crippen LogP contribution in [0, 0.1) is 0 Å². The monoisotopic (exact) mass is 224 g/mol. The summed E-state index contributed by atoms with van der Waals surface area (Å²) in [6.45, 7) is 0. The minimum absolute atomic E-state index is 0.223. The molecule has 0 radical (unpaired) electrons. The first-order chi connectivity index (χ1) is 7.67. The summed E-state index contributed by atoms with van der Waals surface area (Å²) in [5.41, 5.74) is 0.453. The van der Waals surface area contributed by atoms with Gasteiger partial charge in [-0.05, 0) is 6.07 Å². The van der Waals surface area contributed by atoms with Crippen molar-refractivity contribution in [2.75, 3.05) is 7.11 Å². The van der Waals surface area contributed by atoms with Crippen molar-refractivity contribution in [3.8, 4) is 5.88 Å². The zero-order valence-electron chi connectivity index (χ0n) is 8.71. The number of carboxylic acid groups (broad SMARTS) is 1. The maximum atomic E-state index is 10.6. The summed E-state index contributed by atoms with van der Waals surface area (Å²) < 4.78 is 4.91. The molecule has 0 saturated carbocycles. The number of ether oxygens (including phenoxy) is 1. The molecule has 0 saturated heterocycles. The van der Waals surface area contributed by atoms with Crippen molar-refractivity contribution < 1.29 is 19.4 Å². The zero-order valence-corrected chi connectivity index (χ0v) is 8.71. The molecule has 0 aliphatic rings. The van der Waals surface area contributed by atoms with Crippen LogP contribution >= 0.6 is 0 Å². The number of pyridine rings is 1. The Morgan fingerprint density at radius 3 is 3.00 bits per heavy atom. The molecular formula is C10H12N2O4. The number of carboxylic acids is 1. The van der Waals surface area contributed by atoms with Crippen molar-refractivity contribution in [2.24, 2.45) is 0 Å². The average Bonchev–Trinajstić information content (AvgIpc) is 2.28. The Hall–Kier alpha value is -2.11. The van der Waals surface area contributed by atoms with E-state index in [9.17, 15) is 9.59 Å². The van der Waals surface area contributed by atoms with E-state index in [-0.39, 0.29) is 6.42 Å². The number of nitrogens with one attached hydrogen (secondary N) is 1. The van der Waals surface area contributed by atoms with E-state index in [1.165, 1.54) is 7.11 Å². The number of nitrogens with zero attached hydrogens (tertiary/aromatic N) is 1. The normalized spacial score (nSPS) is 11.6. The first-order valence-electron chi connectivity index (χ1n) is 4.59. The maximum absolute atomic E-state index is 10.6. The van der Waals surface area contributed by atoms with Crippen LogP contribution in [-0.2, 0) is 9.59 Å². The standard InChI is InChI=1S/C10H12N2O4/c1-16-9-4-2-3-7(12-9)8(11-6-13)5-10(14)15/h2-4,6,8H,5H2,1H3,(H,11,13)(H,14,15). The maximum Gasteiger partial charge on any atom is 0.305 e. The summed E-state index contributed by atoms with van der Waals surface area (Å²) in [4.78, 5) is 25.0. The molecule has 6 nitrogen and oxygen atoms in total. The second-order valence-corrected chi connectivity index (χ2v) is 3.04. The molecule has 1 heterocycles. The highest BCUT2D eigenvalue weighted by atomic mass is 16.5. The molecule has 86 valence electrons. The number of rotatable bonds is 6. The van der Waals surface area contributed by atoms with Crippen molar-refractivity contribution in [1.82, 2.24) is 10.3 Å². The summed E-state index contributed by atoms with van der Waals surface area (Å²) >= 11 is 0. The molecule has 1 atom stereocenters. The SMILES string of the molecule is COc1cccc(C(CC(=O)O)NC=O)n1. The van der Waals surface area contributed by atoms with Crippen LogP contribution in [0.2, 0.25) is 0 Å². The van der Waals surface area contributed by atoms with Gasteiger partial charge in [-0.3, -0.25) is 9.59 Å². The summed E-state index contributed by atoms with van der Waals surface area (Å²) in [6, 6.07) is 4.31. The Morgan fingerprint density at radius 1 is 1.69 bits per heavy atom. The van der Waals surface area contributed by atoms with Gasteiger partial charge in [0.2, 0.25) is 12.3 Å². The van der Waals surface area contributed by atoms with Crippen LogP contribution < -0.4 is 10.1 Å². The Labute approximate surface area is 92.3 Å². The molecule has 1 aromatic rings. The van der Waals surface area contributed by atoms with Gasteiger partial charge in [0, 0.05) is 6.07 Å². The fourth-order valence-electron chi connectivity index (χ4n) is 1.24. The summed E-state index contributed by atoms with van der Waals surface area (Å²) in [5, 5.41) is 11.1. The van der Waals surface area contributed by atoms with Crippen molar-refractivity contribution in [2.45, 2.75) is 12.5 Å². The largest absolute Gasteiger partial charge is 0.481 e. The smallest absolute Gasteiger partial charge is 0.305 e. The lowest BCUT2D eigenvalue weighted by molar-refractivity contribution is -0.137. The van der Waals surface area contributed by atoms with Crippen LogP contribution in [0.4, 0.5) is 0 Å². The molecule has 16 heavy (non-hydrogen) atoms. The number of hydrogen-bond acceptors (Lipinski definition) is 4. The Kier molecular flexibility index (Phi) is 4.26. The minimum Gasteiger partial charge on any atom is -0.481 e. The third kappa shape index (κ3) is 3.23. The highest BCUT2D eigenvalue weighted by Crippen LogP contribution is 2.16. The van der Waals surface area contributed by atoms with Crippen LogP contribution in [-0.4, -0.2) is 29.6 Å². The molecule has 0 aliphatic heterocycles. The Bertz CT molecular complexity index is 381. The molecule has 2 N–H and O–H groups in total. The lowest BCUT2D eigenvalue weighted by Gasteiger charge is -2.13. The summed E-state index contributed by atoms with van der Waals surface area (Å²) in [6.07, 6.45) is 0.230. The fraction of sp³-hybridized carbons (Fsp3) is 0.300. The molecule has 0 fully saturated rings. The molecule has 6 heteroatoms. The van der Waals surface area contributed by atoms with Gasteiger partial charge in [-0.2, -0.15) is 0 Å². The van der Waals surface area contributed by atoms with Crippen molar-refractivity contribution in [3.05, 3.63) is 23.9 Å². The third-order valence-corrected chi connectivity index (χ3v) is 1.96. The van der Waals surface area contributed by atoms with Crippen molar-refractivity contribution in [1.29, 1.82) is 0 Å². The molecule has 0 bridgehead atoms. The fourth-order valence-corrected chi connectivity index (χ4v) is 1.24. The van der Waals surface area contributed by atoms with E-state index >= 15 is 0 Å². The number of aromatic nitrogens is 1. The van der Waals surface area contributed by atoms with E-state index < -0.39 is 12.0 Å². The molecule has 1 unspecified atom stereocenters. The lowest BCUT2D eigenvalue weighted by atomic mass is 10.1. The van der Waals surface area contributed by atoms with Gasteiger partial charge in [0.05, 0.1) is 25.3 Å². The van der Waals surface area contributed by atoms with Gasteiger partial charge in [-0.1, -0.05) is 6.07 Å². The van der Waals surface area contributed by atoms with Crippen LogP contribution in [0.25, 0.3) is 0 Å². The first kappa shape index (κ1) is 12.0. The van der Waals surface area contributed by atoms with Crippen molar-refractivity contribution in [3.63, 3.8) is 0 Å². The molecule has 0 spiro atoms. The zero-order chi connectivity index (χ0) is 12.0. The molecule has 1 aromatic heterocycles. The summed E-state index contributed by atoms with van der Waals surface area (Å²) in [5.74, 6) is -0.635. The highest BCUT2D eigenvalue weighted by Gasteiger charge is 2.16. The molecular weight excluding hydrogens is 212 g/mol. The number of amides is 1. The topological polar surface area (TPSA) is 88.5 Å². The van der Waals surface area contributed by atoms with Gasteiger partial charge in [0.1, 0.15) is 0 Å².